The van der Waals surface area contributed by atoms with Gasteiger partial charge in [-0.3, -0.25) is 0 Å². The summed E-state index contributed by atoms with van der Waals surface area (Å²) in [6.07, 6.45) is 5.27. The second kappa shape index (κ2) is 6.45. The summed E-state index contributed by atoms with van der Waals surface area (Å²) in [5.41, 5.74) is 5.03. The van der Waals surface area contributed by atoms with Crippen molar-refractivity contribution in [2.24, 2.45) is 0 Å². The van der Waals surface area contributed by atoms with Crippen molar-refractivity contribution in [1.29, 1.82) is 0 Å². The molecule has 1 heterocycles. The molecule has 3 rings (SSSR count). The molecule has 23 heavy (non-hydrogen) atoms. The average Bonchev–Trinajstić information content (AvgIpc) is 2.55. The Labute approximate surface area is 144 Å². The standard InChI is InChI=1S/C18H13Cl2N3/c1-3-8-21-13-5-7-16-17(10-13)23-18(11(2)22-16)12-4-6-14(19)15(20)9-12/h1,4-7,9-10,21H,8H2,2H3. The number of aromatic nitrogens is 2. The zero-order valence-corrected chi connectivity index (χ0v) is 13.9. The molecule has 0 fully saturated rings. The number of aryl methyl sites for hydroxylation is 1. The van der Waals surface area contributed by atoms with Gasteiger partial charge in [0.1, 0.15) is 0 Å². The molecule has 0 aliphatic rings. The zero-order chi connectivity index (χ0) is 16.4. The number of hydrogen-bond donors (Lipinski definition) is 1. The molecule has 0 saturated heterocycles. The number of nitrogens with one attached hydrogen (secondary N) is 1. The van der Waals surface area contributed by atoms with Crippen molar-refractivity contribution < 1.29 is 0 Å². The van der Waals surface area contributed by atoms with Crippen LogP contribution in [0.3, 0.4) is 0 Å². The minimum Gasteiger partial charge on any atom is -0.374 e. The minimum atomic E-state index is 0.463. The van der Waals surface area contributed by atoms with Gasteiger partial charge in [-0.25, -0.2) is 9.97 Å². The first kappa shape index (κ1) is 15.6. The molecule has 0 saturated carbocycles. The van der Waals surface area contributed by atoms with Crippen molar-refractivity contribution in [3.8, 4) is 23.6 Å². The summed E-state index contributed by atoms with van der Waals surface area (Å²) in [6, 6.07) is 11.2. The van der Waals surface area contributed by atoms with E-state index in [9.17, 15) is 0 Å². The molecule has 0 unspecified atom stereocenters. The van der Waals surface area contributed by atoms with Gasteiger partial charge >= 0.3 is 0 Å². The van der Waals surface area contributed by atoms with Crippen LogP contribution in [0.25, 0.3) is 22.3 Å². The monoisotopic (exact) mass is 341 g/mol. The fourth-order valence-electron chi connectivity index (χ4n) is 2.32. The molecule has 0 spiro atoms. The highest BCUT2D eigenvalue weighted by atomic mass is 35.5. The third kappa shape index (κ3) is 3.24. The Bertz CT molecular complexity index is 929. The van der Waals surface area contributed by atoms with Crippen LogP contribution in [-0.4, -0.2) is 16.5 Å². The van der Waals surface area contributed by atoms with Gasteiger partial charge < -0.3 is 5.32 Å². The van der Waals surface area contributed by atoms with E-state index in [0.717, 1.165) is 33.7 Å². The van der Waals surface area contributed by atoms with Gasteiger partial charge in [0.2, 0.25) is 0 Å². The van der Waals surface area contributed by atoms with Gasteiger partial charge in [0.05, 0.1) is 39.0 Å². The molecular formula is C18H13Cl2N3. The lowest BCUT2D eigenvalue weighted by molar-refractivity contribution is 1.19. The smallest absolute Gasteiger partial charge is 0.0922 e. The van der Waals surface area contributed by atoms with E-state index in [2.05, 4.69) is 16.2 Å². The third-order valence-corrected chi connectivity index (χ3v) is 4.17. The summed E-state index contributed by atoms with van der Waals surface area (Å²) in [4.78, 5) is 9.35. The molecule has 114 valence electrons. The van der Waals surface area contributed by atoms with Crippen molar-refractivity contribution in [3.05, 3.63) is 52.1 Å². The van der Waals surface area contributed by atoms with Crippen molar-refractivity contribution in [2.75, 3.05) is 11.9 Å². The van der Waals surface area contributed by atoms with Gasteiger partial charge in [0, 0.05) is 11.3 Å². The van der Waals surface area contributed by atoms with Crippen molar-refractivity contribution in [2.45, 2.75) is 6.92 Å². The Balaban J connectivity index is 2.11. The quantitative estimate of drug-likeness (QED) is 0.684. The molecule has 1 N–H and O–H groups in total. The highest BCUT2D eigenvalue weighted by Gasteiger charge is 2.10. The molecule has 2 aromatic carbocycles. The van der Waals surface area contributed by atoms with Gasteiger partial charge in [-0.05, 0) is 37.3 Å². The Hall–Kier alpha value is -2.28. The lowest BCUT2D eigenvalue weighted by Gasteiger charge is -2.09. The molecular weight excluding hydrogens is 329 g/mol. The lowest BCUT2D eigenvalue weighted by atomic mass is 10.1. The third-order valence-electron chi connectivity index (χ3n) is 3.43. The van der Waals surface area contributed by atoms with Crippen LogP contribution in [0.15, 0.2) is 36.4 Å². The van der Waals surface area contributed by atoms with Crippen LogP contribution >= 0.6 is 23.2 Å². The van der Waals surface area contributed by atoms with E-state index in [1.54, 1.807) is 12.1 Å². The van der Waals surface area contributed by atoms with E-state index in [0.29, 0.717) is 16.6 Å². The van der Waals surface area contributed by atoms with Gasteiger partial charge in [-0.1, -0.05) is 35.2 Å². The van der Waals surface area contributed by atoms with Crippen molar-refractivity contribution in [1.82, 2.24) is 9.97 Å². The zero-order valence-electron chi connectivity index (χ0n) is 12.4. The van der Waals surface area contributed by atoms with E-state index >= 15 is 0 Å². The lowest BCUT2D eigenvalue weighted by Crippen LogP contribution is -1.99. The summed E-state index contributed by atoms with van der Waals surface area (Å²) in [5.74, 6) is 2.55. The Morgan fingerprint density at radius 1 is 1.04 bits per heavy atom. The maximum Gasteiger partial charge on any atom is 0.0922 e. The predicted molar refractivity (Wildman–Crippen MR) is 97.1 cm³/mol. The van der Waals surface area contributed by atoms with Crippen LogP contribution in [0.4, 0.5) is 5.69 Å². The number of anilines is 1. The van der Waals surface area contributed by atoms with E-state index in [4.69, 9.17) is 34.6 Å². The van der Waals surface area contributed by atoms with Crippen molar-refractivity contribution in [3.63, 3.8) is 0 Å². The van der Waals surface area contributed by atoms with Crippen LogP contribution in [0.2, 0.25) is 10.0 Å². The number of fused-ring (bicyclic) bond motifs is 1. The second-order valence-corrected chi connectivity index (χ2v) is 5.86. The molecule has 3 aromatic rings. The molecule has 5 heteroatoms. The number of rotatable bonds is 3. The molecule has 0 amide bonds. The van der Waals surface area contributed by atoms with Gasteiger partial charge in [0.15, 0.2) is 0 Å². The highest BCUT2D eigenvalue weighted by Crippen LogP contribution is 2.30. The van der Waals surface area contributed by atoms with Gasteiger partial charge in [-0.2, -0.15) is 0 Å². The number of benzene rings is 2. The fraction of sp³-hybridized carbons (Fsp3) is 0.111. The second-order valence-electron chi connectivity index (χ2n) is 5.05. The Morgan fingerprint density at radius 2 is 1.87 bits per heavy atom. The number of nitrogens with zero attached hydrogens (tertiary/aromatic N) is 2. The topological polar surface area (TPSA) is 37.8 Å². The van der Waals surface area contributed by atoms with Crippen LogP contribution in [0.5, 0.6) is 0 Å². The summed E-state index contributed by atoms with van der Waals surface area (Å²) in [5, 5.41) is 4.15. The number of terminal acetylenes is 1. The van der Waals surface area contributed by atoms with Crippen LogP contribution in [-0.2, 0) is 0 Å². The van der Waals surface area contributed by atoms with E-state index in [1.807, 2.05) is 31.2 Å². The van der Waals surface area contributed by atoms with E-state index < -0.39 is 0 Å². The van der Waals surface area contributed by atoms with Gasteiger partial charge in [-0.15, -0.1) is 6.42 Å². The molecule has 3 nitrogen and oxygen atoms in total. The summed E-state index contributed by atoms with van der Waals surface area (Å²) < 4.78 is 0. The van der Waals surface area contributed by atoms with Crippen LogP contribution < -0.4 is 5.32 Å². The molecule has 0 bridgehead atoms. The molecule has 0 aliphatic carbocycles. The van der Waals surface area contributed by atoms with Crippen molar-refractivity contribution >= 4 is 39.9 Å². The van der Waals surface area contributed by atoms with Crippen LogP contribution in [0.1, 0.15) is 5.69 Å². The molecule has 0 radical (unpaired) electrons. The number of halogens is 2. The molecule has 0 aliphatic heterocycles. The first-order valence-electron chi connectivity index (χ1n) is 6.99. The van der Waals surface area contributed by atoms with Gasteiger partial charge in [0.25, 0.3) is 0 Å². The summed E-state index contributed by atoms with van der Waals surface area (Å²) >= 11 is 12.1. The summed E-state index contributed by atoms with van der Waals surface area (Å²) in [6.45, 7) is 2.39. The first-order valence-corrected chi connectivity index (χ1v) is 7.75. The first-order chi connectivity index (χ1) is 11.1. The Morgan fingerprint density at radius 3 is 2.61 bits per heavy atom. The van der Waals surface area contributed by atoms with E-state index in [1.165, 1.54) is 0 Å². The Kier molecular flexibility index (Phi) is 4.38. The number of hydrogen-bond acceptors (Lipinski definition) is 3. The van der Waals surface area contributed by atoms with E-state index in [-0.39, 0.29) is 0 Å². The normalized spacial score (nSPS) is 10.5. The fourth-order valence-corrected chi connectivity index (χ4v) is 2.62. The van der Waals surface area contributed by atoms with Crippen LogP contribution in [0, 0.1) is 19.3 Å². The largest absolute Gasteiger partial charge is 0.374 e. The minimum absolute atomic E-state index is 0.463. The maximum absolute atomic E-state index is 6.11. The average molecular weight is 342 g/mol. The molecule has 1 aromatic heterocycles. The highest BCUT2D eigenvalue weighted by molar-refractivity contribution is 6.42. The molecule has 0 atom stereocenters. The summed E-state index contributed by atoms with van der Waals surface area (Å²) in [7, 11) is 0. The predicted octanol–water partition coefficient (Wildman–Crippen LogP) is 4.96. The SMILES string of the molecule is C#CCNc1ccc2nc(C)c(-c3ccc(Cl)c(Cl)c3)nc2c1. The maximum atomic E-state index is 6.11.